The molecule has 1 aliphatic carbocycles. The zero-order chi connectivity index (χ0) is 41.8. The second kappa shape index (κ2) is 18.0. The number of carboxylic acid groups (broad SMARTS) is 1. The Morgan fingerprint density at radius 3 is 2.31 bits per heavy atom. The maximum absolute atomic E-state index is 13.2. The van der Waals surface area contributed by atoms with Gasteiger partial charge in [0.25, 0.3) is 0 Å². The molecule has 0 spiro atoms. The first-order valence-electron chi connectivity index (χ1n) is 20.3. The number of benzene rings is 3. The van der Waals surface area contributed by atoms with Crippen LogP contribution in [0.2, 0.25) is 0 Å². The van der Waals surface area contributed by atoms with E-state index < -0.39 is 51.7 Å². The highest BCUT2D eigenvalue weighted by Crippen LogP contribution is 2.45. The van der Waals surface area contributed by atoms with Crippen molar-refractivity contribution in [1.29, 1.82) is 0 Å². The van der Waals surface area contributed by atoms with Crippen molar-refractivity contribution in [3.05, 3.63) is 90.0 Å². The Morgan fingerprint density at radius 2 is 1.67 bits per heavy atom. The number of ether oxygens (including phenoxy) is 2. The molecule has 2 amide bonds. The lowest BCUT2D eigenvalue weighted by molar-refractivity contribution is -0.151. The van der Waals surface area contributed by atoms with Gasteiger partial charge in [0, 0.05) is 24.6 Å². The Balaban J connectivity index is 0.000000196. The van der Waals surface area contributed by atoms with E-state index in [1.54, 1.807) is 73.9 Å². The number of rotatable bonds is 12. The average molecular weight is 818 g/mol. The Bertz CT molecular complexity index is 2060. The fraction of sp³-hybridized carbons (Fsp3) is 0.500. The van der Waals surface area contributed by atoms with E-state index in [9.17, 15) is 37.8 Å². The van der Waals surface area contributed by atoms with Crippen molar-refractivity contribution >= 4 is 33.6 Å². The number of carbonyl (C=O) groups excluding carboxylic acids is 3. The summed E-state index contributed by atoms with van der Waals surface area (Å²) in [5.41, 5.74) is 0.728. The molecule has 1 saturated carbocycles. The molecular weight excluding hydrogens is 763 g/mol. The van der Waals surface area contributed by atoms with Gasteiger partial charge in [-0.15, -0.1) is 0 Å². The van der Waals surface area contributed by atoms with Gasteiger partial charge < -0.3 is 29.5 Å². The highest BCUT2D eigenvalue weighted by Gasteiger charge is 2.50. The number of fused-ring (bicyclic) bond motifs is 2. The zero-order valence-corrected chi connectivity index (χ0v) is 34.4. The lowest BCUT2D eigenvalue weighted by Gasteiger charge is -2.45. The van der Waals surface area contributed by atoms with Crippen molar-refractivity contribution in [2.24, 2.45) is 5.92 Å². The normalized spacial score (nSPS) is 24.4. The zero-order valence-electron chi connectivity index (χ0n) is 33.6. The number of nitrogens with zero attached hydrogens (tertiary/aromatic N) is 2. The fourth-order valence-electron chi connectivity index (χ4n) is 8.84. The molecule has 3 aromatic carbocycles. The molecule has 7 atom stereocenters. The predicted molar refractivity (Wildman–Crippen MR) is 215 cm³/mol. The smallest absolute Gasteiger partial charge is 0.326 e. The first-order valence-corrected chi connectivity index (χ1v) is 21.7. The van der Waals surface area contributed by atoms with Gasteiger partial charge in [0.05, 0.1) is 28.5 Å². The molecule has 2 saturated heterocycles. The number of aliphatic hydroxyl groups is 1. The third-order valence-corrected chi connectivity index (χ3v) is 13.6. The quantitative estimate of drug-likeness (QED) is 0.207. The van der Waals surface area contributed by atoms with Gasteiger partial charge in [0.15, 0.2) is 0 Å². The molecule has 58 heavy (non-hydrogen) atoms. The molecule has 3 N–H and O–H groups in total. The van der Waals surface area contributed by atoms with Crippen LogP contribution < -0.4 is 10.1 Å². The van der Waals surface area contributed by atoms with Crippen molar-refractivity contribution in [3.8, 4) is 5.75 Å². The molecule has 4 aliphatic rings. The largest absolute Gasteiger partial charge is 0.485 e. The Kier molecular flexibility index (Phi) is 13.3. The van der Waals surface area contributed by atoms with E-state index in [0.29, 0.717) is 43.5 Å². The number of likely N-dealkylation sites (tertiary alicyclic amines) is 2. The molecule has 3 fully saturated rings. The van der Waals surface area contributed by atoms with Crippen LogP contribution in [0, 0.1) is 5.92 Å². The predicted octanol–water partition coefficient (Wildman–Crippen LogP) is 5.10. The Labute approximate surface area is 340 Å². The lowest BCUT2D eigenvalue weighted by Crippen LogP contribution is -2.55. The number of aliphatic carboxylic acids is 1. The summed E-state index contributed by atoms with van der Waals surface area (Å²) in [6.07, 6.45) is 4.72. The SMILES string of the molecule is CC1(C)Oc2ccc(S(=O)(=O)c3ccccc3)cc2C(N2CCCC2=O)C1O.CCOC(=O)[C@H](CCc1ccccc1)N[C@@H](C)C(=O)N1[C@H](C(=O)O)C[C@@H]2CCC[C@@H]21. The van der Waals surface area contributed by atoms with Crippen molar-refractivity contribution in [1.82, 2.24) is 15.1 Å². The number of aryl methyl sites for hydroxylation is 1. The highest BCUT2D eigenvalue weighted by atomic mass is 32.2. The van der Waals surface area contributed by atoms with E-state index in [2.05, 4.69) is 5.32 Å². The summed E-state index contributed by atoms with van der Waals surface area (Å²) in [6.45, 7) is 7.79. The number of aliphatic hydroxyl groups excluding tert-OH is 1. The number of nitrogens with one attached hydrogen (secondary N) is 1. The van der Waals surface area contributed by atoms with E-state index in [1.165, 1.54) is 12.1 Å². The number of sulfone groups is 1. The molecule has 3 aromatic rings. The van der Waals surface area contributed by atoms with Gasteiger partial charge in [-0.1, -0.05) is 55.0 Å². The van der Waals surface area contributed by atoms with Crippen molar-refractivity contribution < 1.29 is 47.3 Å². The van der Waals surface area contributed by atoms with E-state index >= 15 is 0 Å². The molecule has 13 nitrogen and oxygen atoms in total. The van der Waals surface area contributed by atoms with Crippen LogP contribution >= 0.6 is 0 Å². The van der Waals surface area contributed by atoms with Crippen LogP contribution in [-0.4, -0.2) is 101 Å². The second-order valence-electron chi connectivity index (χ2n) is 16.1. The van der Waals surface area contributed by atoms with Gasteiger partial charge in [-0.25, -0.2) is 13.2 Å². The molecule has 312 valence electrons. The van der Waals surface area contributed by atoms with Crippen LogP contribution in [0.15, 0.2) is 88.7 Å². The van der Waals surface area contributed by atoms with E-state index in [4.69, 9.17) is 9.47 Å². The van der Waals surface area contributed by atoms with Crippen molar-refractivity contribution in [2.75, 3.05) is 13.2 Å². The molecule has 0 radical (unpaired) electrons. The Morgan fingerprint density at radius 1 is 0.983 bits per heavy atom. The number of esters is 1. The maximum Gasteiger partial charge on any atom is 0.326 e. The average Bonchev–Trinajstić information content (AvgIpc) is 3.94. The van der Waals surface area contributed by atoms with E-state index in [0.717, 1.165) is 31.2 Å². The monoisotopic (exact) mass is 817 g/mol. The third-order valence-electron chi connectivity index (χ3n) is 11.8. The number of hydrogen-bond acceptors (Lipinski definition) is 10. The van der Waals surface area contributed by atoms with Gasteiger partial charge in [-0.3, -0.25) is 19.7 Å². The van der Waals surface area contributed by atoms with Crippen LogP contribution in [0.25, 0.3) is 0 Å². The number of hydrogen-bond donors (Lipinski definition) is 3. The van der Waals surface area contributed by atoms with Gasteiger partial charge in [0.2, 0.25) is 21.7 Å². The molecule has 2 unspecified atom stereocenters. The first-order chi connectivity index (χ1) is 27.6. The summed E-state index contributed by atoms with van der Waals surface area (Å²) in [4.78, 5) is 53.4. The van der Waals surface area contributed by atoms with Crippen LogP contribution in [-0.2, 0) is 40.2 Å². The maximum atomic E-state index is 13.2. The summed E-state index contributed by atoms with van der Waals surface area (Å²) < 4.78 is 37.2. The summed E-state index contributed by atoms with van der Waals surface area (Å²) in [5, 5.41) is 23.7. The number of carboxylic acids is 1. The van der Waals surface area contributed by atoms with Gasteiger partial charge in [0.1, 0.15) is 29.5 Å². The minimum atomic E-state index is -3.72. The minimum Gasteiger partial charge on any atom is -0.485 e. The van der Waals surface area contributed by atoms with Crippen LogP contribution in [0.3, 0.4) is 0 Å². The Hall–Kier alpha value is -4.79. The van der Waals surface area contributed by atoms with Crippen molar-refractivity contribution in [2.45, 2.75) is 131 Å². The molecule has 3 aliphatic heterocycles. The van der Waals surface area contributed by atoms with Gasteiger partial charge >= 0.3 is 11.9 Å². The topological polar surface area (TPSA) is 180 Å². The summed E-state index contributed by atoms with van der Waals surface area (Å²) in [5.74, 6) is -0.859. The highest BCUT2D eigenvalue weighted by molar-refractivity contribution is 7.91. The molecule has 7 rings (SSSR count). The molecule has 0 bridgehead atoms. The third kappa shape index (κ3) is 9.08. The molecule has 14 heteroatoms. The van der Waals surface area contributed by atoms with E-state index in [1.807, 2.05) is 30.3 Å². The minimum absolute atomic E-state index is 0.00629. The fourth-order valence-corrected chi connectivity index (χ4v) is 10.2. The van der Waals surface area contributed by atoms with E-state index in [-0.39, 0.29) is 46.1 Å². The number of amides is 2. The summed E-state index contributed by atoms with van der Waals surface area (Å²) in [7, 11) is -3.72. The first kappa shape index (κ1) is 42.8. The molecular formula is C44H55N3O10S. The molecule has 0 aromatic heterocycles. The van der Waals surface area contributed by atoms with Crippen LogP contribution in [0.4, 0.5) is 0 Å². The summed E-state index contributed by atoms with van der Waals surface area (Å²) >= 11 is 0. The second-order valence-corrected chi connectivity index (χ2v) is 18.1. The lowest BCUT2D eigenvalue weighted by atomic mass is 9.85. The van der Waals surface area contributed by atoms with Gasteiger partial charge in [-0.05, 0) is 108 Å². The molecule has 3 heterocycles. The van der Waals surface area contributed by atoms with Gasteiger partial charge in [-0.2, -0.15) is 0 Å². The number of carbonyl (C=O) groups is 4. The van der Waals surface area contributed by atoms with Crippen LogP contribution in [0.1, 0.15) is 89.8 Å². The standard InChI is InChI=1S/C23H32N2O5.C21H23NO5S/c1-3-30-23(29)18(13-12-16-8-5-4-6-9-16)24-15(2)21(26)25-19-11-7-10-17(19)14-20(25)22(27)28;1-21(2)20(24)19(22-12-6-9-18(22)23)16-13-15(10-11-17(16)27-21)28(25,26)14-7-4-3-5-8-14/h4-6,8-9,15,17-20,24H,3,7,10-14H2,1-2H3,(H,27,28);3-5,7-8,10-11,13,19-20,24H,6,9,12H2,1-2H3/t15-,17-,18-,19-,20-;/m0./s1. The van der Waals surface area contributed by atoms with Crippen molar-refractivity contribution in [3.63, 3.8) is 0 Å². The summed E-state index contributed by atoms with van der Waals surface area (Å²) in [6, 6.07) is 20.0. The van der Waals surface area contributed by atoms with Crippen LogP contribution in [0.5, 0.6) is 5.75 Å².